The second kappa shape index (κ2) is 7.20. The second-order valence-corrected chi connectivity index (χ2v) is 5.79. The van der Waals surface area contributed by atoms with Crippen LogP contribution < -0.4 is 10.6 Å². The predicted octanol–water partition coefficient (Wildman–Crippen LogP) is 1.70. The number of anilines is 1. The van der Waals surface area contributed by atoms with Crippen LogP contribution in [0.4, 0.5) is 10.1 Å². The van der Waals surface area contributed by atoms with Crippen molar-refractivity contribution in [2.24, 2.45) is 5.73 Å². The summed E-state index contributed by atoms with van der Waals surface area (Å²) in [6.45, 7) is 9.86. The van der Waals surface area contributed by atoms with Gasteiger partial charge in [0.1, 0.15) is 5.82 Å². The lowest BCUT2D eigenvalue weighted by atomic mass is 10.00. The van der Waals surface area contributed by atoms with E-state index in [1.165, 1.54) is 12.1 Å². The van der Waals surface area contributed by atoms with E-state index in [-0.39, 0.29) is 11.4 Å². The van der Waals surface area contributed by atoms with E-state index in [0.717, 1.165) is 31.9 Å². The van der Waals surface area contributed by atoms with Crippen LogP contribution in [0.3, 0.4) is 0 Å². The SMILES string of the molecule is CCOCC(C)(CN)N1CCN(c2ccc(F)cc2)CC1. The van der Waals surface area contributed by atoms with E-state index in [2.05, 4.69) is 16.7 Å². The topological polar surface area (TPSA) is 41.7 Å². The molecule has 1 heterocycles. The quantitative estimate of drug-likeness (QED) is 0.867. The summed E-state index contributed by atoms with van der Waals surface area (Å²) in [7, 11) is 0. The fraction of sp³-hybridized carbons (Fsp3) is 0.625. The van der Waals surface area contributed by atoms with Gasteiger partial charge in [0.25, 0.3) is 0 Å². The maximum absolute atomic E-state index is 13.0. The summed E-state index contributed by atoms with van der Waals surface area (Å²) in [4.78, 5) is 4.69. The first-order chi connectivity index (χ1) is 10.1. The van der Waals surface area contributed by atoms with Crippen molar-refractivity contribution in [2.45, 2.75) is 19.4 Å². The number of ether oxygens (including phenoxy) is 1. The van der Waals surface area contributed by atoms with Crippen LogP contribution >= 0.6 is 0 Å². The van der Waals surface area contributed by atoms with Gasteiger partial charge in [-0.2, -0.15) is 0 Å². The molecule has 1 aliphatic heterocycles. The number of halogens is 1. The molecule has 1 aromatic carbocycles. The molecule has 1 saturated heterocycles. The third-order valence-corrected chi connectivity index (χ3v) is 4.29. The van der Waals surface area contributed by atoms with Crippen molar-refractivity contribution in [3.63, 3.8) is 0 Å². The Labute approximate surface area is 126 Å². The van der Waals surface area contributed by atoms with Crippen LogP contribution in [0.25, 0.3) is 0 Å². The van der Waals surface area contributed by atoms with Crippen LogP contribution in [-0.2, 0) is 4.74 Å². The van der Waals surface area contributed by atoms with E-state index in [0.29, 0.717) is 19.8 Å². The van der Waals surface area contributed by atoms with Gasteiger partial charge in [0.2, 0.25) is 0 Å². The Morgan fingerprint density at radius 1 is 1.19 bits per heavy atom. The Hall–Kier alpha value is -1.17. The first-order valence-electron chi connectivity index (χ1n) is 7.62. The minimum Gasteiger partial charge on any atom is -0.380 e. The minimum atomic E-state index is -0.190. The Kier molecular flexibility index (Phi) is 5.56. The van der Waals surface area contributed by atoms with Crippen molar-refractivity contribution in [2.75, 3.05) is 50.8 Å². The molecular weight excluding hydrogens is 269 g/mol. The van der Waals surface area contributed by atoms with E-state index in [9.17, 15) is 4.39 Å². The molecule has 21 heavy (non-hydrogen) atoms. The van der Waals surface area contributed by atoms with Gasteiger partial charge in [-0.15, -0.1) is 0 Å². The van der Waals surface area contributed by atoms with E-state index in [1.54, 1.807) is 0 Å². The molecule has 1 atom stereocenters. The van der Waals surface area contributed by atoms with E-state index in [1.807, 2.05) is 19.1 Å². The van der Waals surface area contributed by atoms with Gasteiger partial charge in [0, 0.05) is 45.0 Å². The van der Waals surface area contributed by atoms with Gasteiger partial charge in [-0.1, -0.05) is 0 Å². The summed E-state index contributed by atoms with van der Waals surface area (Å²) in [5.41, 5.74) is 6.94. The monoisotopic (exact) mass is 295 g/mol. The molecule has 0 spiro atoms. The third kappa shape index (κ3) is 3.93. The van der Waals surface area contributed by atoms with Gasteiger partial charge in [0.15, 0.2) is 0 Å². The molecule has 118 valence electrons. The highest BCUT2D eigenvalue weighted by Crippen LogP contribution is 2.21. The molecule has 5 heteroatoms. The number of nitrogens with zero attached hydrogens (tertiary/aromatic N) is 2. The van der Waals surface area contributed by atoms with E-state index in [4.69, 9.17) is 10.5 Å². The molecule has 2 rings (SSSR count). The molecule has 2 N–H and O–H groups in total. The first-order valence-corrected chi connectivity index (χ1v) is 7.62. The highest BCUT2D eigenvalue weighted by molar-refractivity contribution is 5.46. The van der Waals surface area contributed by atoms with Gasteiger partial charge in [-0.05, 0) is 38.1 Å². The van der Waals surface area contributed by atoms with Crippen molar-refractivity contribution in [1.29, 1.82) is 0 Å². The Bertz CT molecular complexity index is 432. The summed E-state index contributed by atoms with van der Waals surface area (Å²) < 4.78 is 18.6. The Morgan fingerprint density at radius 3 is 2.33 bits per heavy atom. The standard InChI is InChI=1S/C16H26FN3O/c1-3-21-13-16(2,12-18)20-10-8-19(9-11-20)15-6-4-14(17)5-7-15/h4-7H,3,8-13,18H2,1-2H3. The zero-order valence-corrected chi connectivity index (χ0v) is 13.0. The average molecular weight is 295 g/mol. The summed E-state index contributed by atoms with van der Waals surface area (Å²) in [5, 5.41) is 0. The summed E-state index contributed by atoms with van der Waals surface area (Å²) in [6.07, 6.45) is 0. The lowest BCUT2D eigenvalue weighted by Crippen LogP contribution is -2.61. The van der Waals surface area contributed by atoms with Crippen LogP contribution in [0.15, 0.2) is 24.3 Å². The van der Waals surface area contributed by atoms with Crippen molar-refractivity contribution in [3.05, 3.63) is 30.1 Å². The van der Waals surface area contributed by atoms with E-state index < -0.39 is 0 Å². The number of benzene rings is 1. The molecular formula is C16H26FN3O. The minimum absolute atomic E-state index is 0.106. The van der Waals surface area contributed by atoms with Crippen LogP contribution in [0.2, 0.25) is 0 Å². The molecule has 1 aromatic rings. The molecule has 0 aliphatic carbocycles. The Morgan fingerprint density at radius 2 is 1.81 bits per heavy atom. The summed E-state index contributed by atoms with van der Waals surface area (Å²) in [5.74, 6) is -0.190. The van der Waals surface area contributed by atoms with Crippen molar-refractivity contribution >= 4 is 5.69 Å². The highest BCUT2D eigenvalue weighted by Gasteiger charge is 2.33. The molecule has 1 unspecified atom stereocenters. The molecule has 0 radical (unpaired) electrons. The number of nitrogens with two attached hydrogens (primary N) is 1. The fourth-order valence-electron chi connectivity index (χ4n) is 2.76. The van der Waals surface area contributed by atoms with Gasteiger partial charge in [-0.3, -0.25) is 4.90 Å². The van der Waals surface area contributed by atoms with Crippen molar-refractivity contribution in [3.8, 4) is 0 Å². The van der Waals surface area contributed by atoms with E-state index >= 15 is 0 Å². The zero-order valence-electron chi connectivity index (χ0n) is 13.0. The van der Waals surface area contributed by atoms with Crippen LogP contribution in [0.5, 0.6) is 0 Å². The van der Waals surface area contributed by atoms with Gasteiger partial charge in [-0.25, -0.2) is 4.39 Å². The third-order valence-electron chi connectivity index (χ3n) is 4.29. The fourth-order valence-corrected chi connectivity index (χ4v) is 2.76. The van der Waals surface area contributed by atoms with Crippen molar-refractivity contribution < 1.29 is 9.13 Å². The molecule has 0 aromatic heterocycles. The molecule has 1 fully saturated rings. The van der Waals surface area contributed by atoms with Crippen LogP contribution in [0, 0.1) is 5.82 Å². The number of rotatable bonds is 6. The maximum atomic E-state index is 13.0. The van der Waals surface area contributed by atoms with Gasteiger partial charge in [0.05, 0.1) is 12.1 Å². The van der Waals surface area contributed by atoms with Gasteiger partial charge >= 0.3 is 0 Å². The average Bonchev–Trinajstić information content (AvgIpc) is 2.53. The second-order valence-electron chi connectivity index (χ2n) is 5.79. The van der Waals surface area contributed by atoms with Gasteiger partial charge < -0.3 is 15.4 Å². The predicted molar refractivity (Wildman–Crippen MR) is 84.1 cm³/mol. The first kappa shape index (κ1) is 16.2. The largest absolute Gasteiger partial charge is 0.380 e. The smallest absolute Gasteiger partial charge is 0.123 e. The molecule has 4 nitrogen and oxygen atoms in total. The van der Waals surface area contributed by atoms with Crippen LogP contribution in [0.1, 0.15) is 13.8 Å². The number of piperazine rings is 1. The van der Waals surface area contributed by atoms with Crippen molar-refractivity contribution in [1.82, 2.24) is 4.90 Å². The molecule has 0 amide bonds. The van der Waals surface area contributed by atoms with Crippen LogP contribution in [-0.4, -0.2) is 56.4 Å². The normalized spacial score (nSPS) is 19.5. The number of hydrogen-bond acceptors (Lipinski definition) is 4. The number of hydrogen-bond donors (Lipinski definition) is 1. The Balaban J connectivity index is 1.94. The maximum Gasteiger partial charge on any atom is 0.123 e. The lowest BCUT2D eigenvalue weighted by Gasteiger charge is -2.45. The lowest BCUT2D eigenvalue weighted by molar-refractivity contribution is 0.00749. The molecule has 0 saturated carbocycles. The highest BCUT2D eigenvalue weighted by atomic mass is 19.1. The zero-order chi connectivity index (χ0) is 15.3. The summed E-state index contributed by atoms with van der Waals surface area (Å²) >= 11 is 0. The summed E-state index contributed by atoms with van der Waals surface area (Å²) in [6, 6.07) is 6.71. The molecule has 1 aliphatic rings. The molecule has 0 bridgehead atoms.